The van der Waals surface area contributed by atoms with Gasteiger partial charge < -0.3 is 20.4 Å². The molecular weight excluding hydrogens is 386 g/mol. The van der Waals surface area contributed by atoms with Gasteiger partial charge in [0.05, 0.1) is 6.04 Å². The fourth-order valence-electron chi connectivity index (χ4n) is 4.09. The molecule has 1 atom stereocenters. The first-order chi connectivity index (χ1) is 15.1. The molecular formula is C25H37N5O. The minimum Gasteiger partial charge on any atom is -0.336 e. The van der Waals surface area contributed by atoms with Gasteiger partial charge in [0.25, 0.3) is 0 Å². The van der Waals surface area contributed by atoms with Gasteiger partial charge >= 0.3 is 6.03 Å². The van der Waals surface area contributed by atoms with Crippen LogP contribution in [0.25, 0.3) is 0 Å². The monoisotopic (exact) mass is 423 g/mol. The Kier molecular flexibility index (Phi) is 8.88. The molecule has 0 radical (unpaired) electrons. The molecule has 1 saturated heterocycles. The van der Waals surface area contributed by atoms with E-state index in [1.54, 1.807) is 0 Å². The predicted molar refractivity (Wildman–Crippen MR) is 127 cm³/mol. The Morgan fingerprint density at radius 1 is 0.903 bits per heavy atom. The van der Waals surface area contributed by atoms with E-state index in [4.69, 9.17) is 0 Å². The molecule has 2 N–H and O–H groups in total. The number of rotatable bonds is 9. The molecule has 1 aliphatic heterocycles. The van der Waals surface area contributed by atoms with Crippen LogP contribution in [0, 0.1) is 0 Å². The number of nitrogens with zero attached hydrogens (tertiary/aromatic N) is 3. The van der Waals surface area contributed by atoms with E-state index in [1.165, 1.54) is 16.7 Å². The molecule has 3 rings (SSSR count). The smallest absolute Gasteiger partial charge is 0.315 e. The molecule has 0 aromatic heterocycles. The second kappa shape index (κ2) is 11.8. The maximum absolute atomic E-state index is 12.5. The van der Waals surface area contributed by atoms with Crippen molar-refractivity contribution < 1.29 is 4.79 Å². The van der Waals surface area contributed by atoms with Crippen LogP contribution in [0.2, 0.25) is 0 Å². The number of benzene rings is 2. The zero-order valence-corrected chi connectivity index (χ0v) is 19.2. The zero-order chi connectivity index (χ0) is 22.1. The van der Waals surface area contributed by atoms with Crippen LogP contribution in [0.15, 0.2) is 54.6 Å². The normalized spacial score (nSPS) is 16.3. The van der Waals surface area contributed by atoms with E-state index in [0.717, 1.165) is 39.3 Å². The lowest BCUT2D eigenvalue weighted by Crippen LogP contribution is -2.45. The average molecular weight is 424 g/mol. The molecule has 2 aromatic carbocycles. The standard InChI is InChI=1S/C25H37N5O/c1-4-29-14-16-30(17-15-29)20-23-13-9-8-12-22(23)18-26-25(31)27-19-24(28(2)3)21-10-6-5-7-11-21/h5-13,24H,4,14-20H2,1-3H3,(H2,26,27,31). The quantitative estimate of drug-likeness (QED) is 0.651. The highest BCUT2D eigenvalue weighted by atomic mass is 16.2. The number of urea groups is 1. The first-order valence-electron chi connectivity index (χ1n) is 11.3. The predicted octanol–water partition coefficient (Wildman–Crippen LogP) is 2.93. The maximum Gasteiger partial charge on any atom is 0.315 e. The van der Waals surface area contributed by atoms with Crippen LogP contribution in [-0.2, 0) is 13.1 Å². The number of likely N-dealkylation sites (N-methyl/N-ethyl adjacent to an activating group) is 2. The topological polar surface area (TPSA) is 50.9 Å². The van der Waals surface area contributed by atoms with Crippen molar-refractivity contribution >= 4 is 6.03 Å². The highest BCUT2D eigenvalue weighted by Crippen LogP contribution is 2.17. The fraction of sp³-hybridized carbons (Fsp3) is 0.480. The number of nitrogens with one attached hydrogen (secondary N) is 2. The molecule has 6 nitrogen and oxygen atoms in total. The molecule has 0 aliphatic carbocycles. The molecule has 0 bridgehead atoms. The van der Waals surface area contributed by atoms with Crippen LogP contribution in [0.5, 0.6) is 0 Å². The summed E-state index contributed by atoms with van der Waals surface area (Å²) in [6, 6.07) is 18.7. The molecule has 2 aromatic rings. The Balaban J connectivity index is 1.50. The third kappa shape index (κ3) is 7.06. The first-order valence-corrected chi connectivity index (χ1v) is 11.3. The summed E-state index contributed by atoms with van der Waals surface area (Å²) in [4.78, 5) is 19.6. The van der Waals surface area contributed by atoms with Crippen molar-refractivity contribution in [1.82, 2.24) is 25.3 Å². The third-order valence-corrected chi connectivity index (χ3v) is 6.13. The molecule has 31 heavy (non-hydrogen) atoms. The molecule has 1 fully saturated rings. The lowest BCUT2D eigenvalue weighted by molar-refractivity contribution is 0.131. The van der Waals surface area contributed by atoms with Gasteiger partial charge in [0, 0.05) is 45.8 Å². The van der Waals surface area contributed by atoms with Crippen LogP contribution in [0.1, 0.15) is 29.7 Å². The Bertz CT molecular complexity index is 803. The Morgan fingerprint density at radius 3 is 2.16 bits per heavy atom. The van der Waals surface area contributed by atoms with E-state index in [-0.39, 0.29) is 12.1 Å². The van der Waals surface area contributed by atoms with Gasteiger partial charge in [0.1, 0.15) is 0 Å². The van der Waals surface area contributed by atoms with E-state index < -0.39 is 0 Å². The van der Waals surface area contributed by atoms with Crippen LogP contribution in [0.3, 0.4) is 0 Å². The third-order valence-electron chi connectivity index (χ3n) is 6.13. The summed E-state index contributed by atoms with van der Waals surface area (Å²) in [5.41, 5.74) is 3.67. The highest BCUT2D eigenvalue weighted by molar-refractivity contribution is 5.73. The molecule has 6 heteroatoms. The Labute approximate surface area is 187 Å². The van der Waals surface area contributed by atoms with Crippen molar-refractivity contribution in [3.63, 3.8) is 0 Å². The van der Waals surface area contributed by atoms with E-state index in [2.05, 4.69) is 62.6 Å². The number of hydrogen-bond donors (Lipinski definition) is 2. The summed E-state index contributed by atoms with van der Waals surface area (Å²) in [5.74, 6) is 0. The summed E-state index contributed by atoms with van der Waals surface area (Å²) in [7, 11) is 4.07. The van der Waals surface area contributed by atoms with E-state index in [9.17, 15) is 4.79 Å². The fourth-order valence-corrected chi connectivity index (χ4v) is 4.09. The lowest BCUT2D eigenvalue weighted by Gasteiger charge is -2.34. The minimum absolute atomic E-state index is 0.130. The zero-order valence-electron chi connectivity index (χ0n) is 19.2. The van der Waals surface area contributed by atoms with Crippen molar-refractivity contribution in [3.8, 4) is 0 Å². The van der Waals surface area contributed by atoms with Crippen LogP contribution in [0.4, 0.5) is 4.79 Å². The van der Waals surface area contributed by atoms with Crippen LogP contribution < -0.4 is 10.6 Å². The summed E-state index contributed by atoms with van der Waals surface area (Å²) < 4.78 is 0. The van der Waals surface area contributed by atoms with E-state index in [1.807, 2.05) is 38.4 Å². The average Bonchev–Trinajstić information content (AvgIpc) is 2.79. The van der Waals surface area contributed by atoms with Gasteiger partial charge in [-0.05, 0) is 37.3 Å². The number of hydrogen-bond acceptors (Lipinski definition) is 4. The van der Waals surface area contributed by atoms with E-state index in [0.29, 0.717) is 13.1 Å². The molecule has 0 saturated carbocycles. The summed E-state index contributed by atoms with van der Waals surface area (Å²) >= 11 is 0. The number of carbonyl (C=O) groups excluding carboxylic acids is 1. The number of piperazine rings is 1. The summed E-state index contributed by atoms with van der Waals surface area (Å²) in [6.07, 6.45) is 0. The lowest BCUT2D eigenvalue weighted by atomic mass is 10.1. The largest absolute Gasteiger partial charge is 0.336 e. The Morgan fingerprint density at radius 2 is 1.52 bits per heavy atom. The second-order valence-corrected chi connectivity index (χ2v) is 8.43. The van der Waals surface area contributed by atoms with E-state index >= 15 is 0 Å². The van der Waals surface area contributed by atoms with Crippen LogP contribution >= 0.6 is 0 Å². The number of carbonyl (C=O) groups is 1. The van der Waals surface area contributed by atoms with Crippen molar-refractivity contribution in [3.05, 3.63) is 71.3 Å². The van der Waals surface area contributed by atoms with Gasteiger partial charge in [-0.2, -0.15) is 0 Å². The minimum atomic E-state index is -0.130. The van der Waals surface area contributed by atoms with Crippen molar-refractivity contribution in [2.24, 2.45) is 0 Å². The van der Waals surface area contributed by atoms with Gasteiger partial charge in [-0.1, -0.05) is 61.5 Å². The summed E-state index contributed by atoms with van der Waals surface area (Å²) in [5, 5.41) is 6.08. The van der Waals surface area contributed by atoms with Crippen molar-refractivity contribution in [1.29, 1.82) is 0 Å². The highest BCUT2D eigenvalue weighted by Gasteiger charge is 2.17. The van der Waals surface area contributed by atoms with Crippen LogP contribution in [-0.4, -0.2) is 74.1 Å². The van der Waals surface area contributed by atoms with Crippen molar-refractivity contribution in [2.45, 2.75) is 26.1 Å². The molecule has 1 aliphatic rings. The van der Waals surface area contributed by atoms with Crippen molar-refractivity contribution in [2.75, 3.05) is 53.4 Å². The summed E-state index contributed by atoms with van der Waals surface area (Å²) in [6.45, 7) is 9.85. The molecule has 1 heterocycles. The Hall–Kier alpha value is -2.41. The number of amides is 2. The molecule has 2 amide bonds. The molecule has 0 spiro atoms. The SMILES string of the molecule is CCN1CCN(Cc2ccccc2CNC(=O)NCC(c2ccccc2)N(C)C)CC1. The van der Waals surface area contributed by atoms with Gasteiger partial charge in [0.15, 0.2) is 0 Å². The van der Waals surface area contributed by atoms with Gasteiger partial charge in [-0.3, -0.25) is 4.90 Å². The molecule has 1 unspecified atom stereocenters. The molecule has 168 valence electrons. The first kappa shape index (κ1) is 23.3. The van der Waals surface area contributed by atoms with Gasteiger partial charge in [-0.25, -0.2) is 4.79 Å². The van der Waals surface area contributed by atoms with Gasteiger partial charge in [-0.15, -0.1) is 0 Å². The second-order valence-electron chi connectivity index (χ2n) is 8.43. The maximum atomic E-state index is 12.5. The van der Waals surface area contributed by atoms with Gasteiger partial charge in [0.2, 0.25) is 0 Å².